The van der Waals surface area contributed by atoms with Crippen LogP contribution in [0, 0.1) is 0 Å². The van der Waals surface area contributed by atoms with E-state index >= 15 is 0 Å². The van der Waals surface area contributed by atoms with Gasteiger partial charge in [-0.2, -0.15) is 0 Å². The van der Waals surface area contributed by atoms with Crippen molar-refractivity contribution in [1.29, 1.82) is 0 Å². The molecule has 0 saturated carbocycles. The van der Waals surface area contributed by atoms with Crippen LogP contribution in [0.4, 0.5) is 5.69 Å². The van der Waals surface area contributed by atoms with Crippen LogP contribution in [-0.2, 0) is 11.3 Å². The first kappa shape index (κ1) is 16.8. The Morgan fingerprint density at radius 3 is 2.58 bits per heavy atom. The minimum atomic E-state index is -0.0795. The molecule has 3 aromatic rings. The first-order chi connectivity index (χ1) is 12.8. The van der Waals surface area contributed by atoms with Crippen LogP contribution < -0.4 is 5.32 Å². The van der Waals surface area contributed by atoms with Crippen molar-refractivity contribution in [3.63, 3.8) is 0 Å². The number of nitrogens with one attached hydrogen (secondary N) is 1. The SMILES string of the molecule is O=C(Nc1ccc2ccccc2c1)c1cccc(CN2CCOCC2)c1. The first-order valence-corrected chi connectivity index (χ1v) is 8.97. The van der Waals surface area contributed by atoms with Gasteiger partial charge in [-0.15, -0.1) is 0 Å². The normalized spacial score (nSPS) is 15.1. The molecule has 0 spiro atoms. The van der Waals surface area contributed by atoms with Gasteiger partial charge >= 0.3 is 0 Å². The zero-order chi connectivity index (χ0) is 17.8. The molecule has 1 aliphatic heterocycles. The van der Waals surface area contributed by atoms with Crippen LogP contribution in [0.5, 0.6) is 0 Å². The van der Waals surface area contributed by atoms with Crippen LogP contribution in [0.25, 0.3) is 10.8 Å². The minimum absolute atomic E-state index is 0.0795. The number of carbonyl (C=O) groups is 1. The lowest BCUT2D eigenvalue weighted by Gasteiger charge is -2.26. The topological polar surface area (TPSA) is 41.6 Å². The Balaban J connectivity index is 1.47. The molecular formula is C22H22N2O2. The molecule has 0 atom stereocenters. The number of anilines is 1. The molecule has 1 N–H and O–H groups in total. The predicted octanol–water partition coefficient (Wildman–Crippen LogP) is 3.92. The Hall–Kier alpha value is -2.69. The van der Waals surface area contributed by atoms with Gasteiger partial charge in [0.05, 0.1) is 13.2 Å². The van der Waals surface area contributed by atoms with E-state index in [1.54, 1.807) is 0 Å². The van der Waals surface area contributed by atoms with E-state index in [-0.39, 0.29) is 5.91 Å². The van der Waals surface area contributed by atoms with Gasteiger partial charge in [-0.1, -0.05) is 42.5 Å². The summed E-state index contributed by atoms with van der Waals surface area (Å²) in [4.78, 5) is 15.0. The molecule has 3 aromatic carbocycles. The molecule has 132 valence electrons. The van der Waals surface area contributed by atoms with Crippen LogP contribution in [0.1, 0.15) is 15.9 Å². The molecule has 1 heterocycles. The lowest BCUT2D eigenvalue weighted by molar-refractivity contribution is 0.0342. The van der Waals surface area contributed by atoms with Gasteiger partial charge in [0.25, 0.3) is 5.91 Å². The number of rotatable bonds is 4. The van der Waals surface area contributed by atoms with E-state index in [1.165, 1.54) is 0 Å². The summed E-state index contributed by atoms with van der Waals surface area (Å²) < 4.78 is 5.39. The van der Waals surface area contributed by atoms with Crippen LogP contribution in [0.3, 0.4) is 0 Å². The quantitative estimate of drug-likeness (QED) is 0.778. The van der Waals surface area contributed by atoms with Crippen molar-refractivity contribution in [2.45, 2.75) is 6.54 Å². The number of hydrogen-bond acceptors (Lipinski definition) is 3. The van der Waals surface area contributed by atoms with Crippen molar-refractivity contribution in [2.75, 3.05) is 31.6 Å². The van der Waals surface area contributed by atoms with Gasteiger partial charge in [0, 0.05) is 30.9 Å². The van der Waals surface area contributed by atoms with Gasteiger partial charge in [-0.25, -0.2) is 0 Å². The Morgan fingerprint density at radius 2 is 1.73 bits per heavy atom. The van der Waals surface area contributed by atoms with E-state index in [1.807, 2.05) is 54.6 Å². The summed E-state index contributed by atoms with van der Waals surface area (Å²) in [5, 5.41) is 5.29. The second kappa shape index (κ2) is 7.68. The number of benzene rings is 3. The second-order valence-electron chi connectivity index (χ2n) is 6.60. The van der Waals surface area contributed by atoms with Crippen LogP contribution in [0.15, 0.2) is 66.7 Å². The maximum atomic E-state index is 12.6. The number of amides is 1. The molecular weight excluding hydrogens is 324 g/mol. The van der Waals surface area contributed by atoms with Gasteiger partial charge in [0.1, 0.15) is 0 Å². The third-order valence-corrected chi connectivity index (χ3v) is 4.71. The minimum Gasteiger partial charge on any atom is -0.379 e. The third-order valence-electron chi connectivity index (χ3n) is 4.71. The Kier molecular flexibility index (Phi) is 4.95. The fourth-order valence-corrected chi connectivity index (χ4v) is 3.30. The summed E-state index contributed by atoms with van der Waals surface area (Å²) >= 11 is 0. The Morgan fingerprint density at radius 1 is 0.923 bits per heavy atom. The molecule has 4 rings (SSSR count). The van der Waals surface area contributed by atoms with E-state index in [2.05, 4.69) is 22.3 Å². The number of morpholine rings is 1. The van der Waals surface area contributed by atoms with Crippen molar-refractivity contribution >= 4 is 22.4 Å². The van der Waals surface area contributed by atoms with E-state index in [0.717, 1.165) is 54.9 Å². The maximum Gasteiger partial charge on any atom is 0.255 e. The molecule has 1 amide bonds. The fourth-order valence-electron chi connectivity index (χ4n) is 3.30. The fraction of sp³-hybridized carbons (Fsp3) is 0.227. The highest BCUT2D eigenvalue weighted by Gasteiger charge is 2.12. The van der Waals surface area contributed by atoms with Crippen molar-refractivity contribution in [3.8, 4) is 0 Å². The first-order valence-electron chi connectivity index (χ1n) is 8.97. The number of hydrogen-bond donors (Lipinski definition) is 1. The van der Waals surface area contributed by atoms with E-state index in [9.17, 15) is 4.79 Å². The molecule has 4 heteroatoms. The standard InChI is InChI=1S/C22H22N2O2/c25-22(23-21-9-8-18-5-1-2-6-19(18)15-21)20-7-3-4-17(14-20)16-24-10-12-26-13-11-24/h1-9,14-15H,10-13,16H2,(H,23,25). The summed E-state index contributed by atoms with van der Waals surface area (Å²) in [5.41, 5.74) is 2.65. The van der Waals surface area contributed by atoms with Gasteiger partial charge in [0.2, 0.25) is 0 Å². The largest absolute Gasteiger partial charge is 0.379 e. The van der Waals surface area contributed by atoms with Crippen molar-refractivity contribution < 1.29 is 9.53 Å². The monoisotopic (exact) mass is 346 g/mol. The molecule has 0 aliphatic carbocycles. The molecule has 1 aliphatic rings. The lowest BCUT2D eigenvalue weighted by Crippen LogP contribution is -2.35. The van der Waals surface area contributed by atoms with Crippen LogP contribution in [-0.4, -0.2) is 37.1 Å². The average Bonchev–Trinajstić information content (AvgIpc) is 2.69. The van der Waals surface area contributed by atoms with Gasteiger partial charge in [0.15, 0.2) is 0 Å². The highest BCUT2D eigenvalue weighted by atomic mass is 16.5. The molecule has 0 aromatic heterocycles. The smallest absolute Gasteiger partial charge is 0.255 e. The zero-order valence-electron chi connectivity index (χ0n) is 14.7. The third kappa shape index (κ3) is 3.93. The summed E-state index contributed by atoms with van der Waals surface area (Å²) in [5.74, 6) is -0.0795. The Bertz CT molecular complexity index is 917. The Labute approximate surface area is 153 Å². The highest BCUT2D eigenvalue weighted by molar-refractivity contribution is 6.05. The van der Waals surface area contributed by atoms with E-state index in [0.29, 0.717) is 5.56 Å². The zero-order valence-corrected chi connectivity index (χ0v) is 14.7. The second-order valence-corrected chi connectivity index (χ2v) is 6.60. The molecule has 1 saturated heterocycles. The number of carbonyl (C=O) groups excluding carboxylic acids is 1. The van der Waals surface area contributed by atoms with E-state index < -0.39 is 0 Å². The molecule has 26 heavy (non-hydrogen) atoms. The number of nitrogens with zero attached hydrogens (tertiary/aromatic N) is 1. The van der Waals surface area contributed by atoms with Gasteiger partial charge in [-0.3, -0.25) is 9.69 Å². The van der Waals surface area contributed by atoms with Crippen LogP contribution in [0.2, 0.25) is 0 Å². The number of ether oxygens (including phenoxy) is 1. The van der Waals surface area contributed by atoms with Crippen molar-refractivity contribution in [1.82, 2.24) is 4.90 Å². The van der Waals surface area contributed by atoms with E-state index in [4.69, 9.17) is 4.74 Å². The van der Waals surface area contributed by atoms with Gasteiger partial charge in [-0.05, 0) is 40.6 Å². The van der Waals surface area contributed by atoms with Gasteiger partial charge < -0.3 is 10.1 Å². The molecule has 4 nitrogen and oxygen atoms in total. The molecule has 1 fully saturated rings. The highest BCUT2D eigenvalue weighted by Crippen LogP contribution is 2.20. The lowest BCUT2D eigenvalue weighted by atomic mass is 10.1. The predicted molar refractivity (Wildman–Crippen MR) is 104 cm³/mol. The maximum absolute atomic E-state index is 12.6. The summed E-state index contributed by atoms with van der Waals surface area (Å²) in [6.07, 6.45) is 0. The summed E-state index contributed by atoms with van der Waals surface area (Å²) in [7, 11) is 0. The molecule has 0 bridgehead atoms. The summed E-state index contributed by atoms with van der Waals surface area (Å²) in [6.45, 7) is 4.28. The molecule has 0 radical (unpaired) electrons. The average molecular weight is 346 g/mol. The van der Waals surface area contributed by atoms with Crippen molar-refractivity contribution in [2.24, 2.45) is 0 Å². The van der Waals surface area contributed by atoms with Crippen molar-refractivity contribution in [3.05, 3.63) is 77.9 Å². The van der Waals surface area contributed by atoms with Crippen LogP contribution >= 0.6 is 0 Å². The summed E-state index contributed by atoms with van der Waals surface area (Å²) in [6, 6.07) is 22.0. The number of fused-ring (bicyclic) bond motifs is 1. The molecule has 0 unspecified atom stereocenters.